The second-order valence-electron chi connectivity index (χ2n) is 8.34. The van der Waals surface area contributed by atoms with Crippen LogP contribution < -0.4 is 10.5 Å². The fourth-order valence-corrected chi connectivity index (χ4v) is 6.79. The third kappa shape index (κ3) is 3.20. The van der Waals surface area contributed by atoms with Crippen LogP contribution in [0.1, 0.15) is 66.8 Å². The van der Waals surface area contributed by atoms with Crippen LogP contribution in [0.5, 0.6) is 0 Å². The molecule has 7 nitrogen and oxygen atoms in total. The number of pyridine rings is 1. The number of hydrogen-bond acceptors (Lipinski definition) is 5. The molecule has 2 unspecified atom stereocenters. The minimum absolute atomic E-state index is 0.222. The largest absolute Gasteiger partial charge is 0.389 e. The molecule has 2 amide bonds. The molecule has 2 aromatic heterocycles. The highest BCUT2D eigenvalue weighted by Crippen LogP contribution is 2.58. The van der Waals surface area contributed by atoms with Gasteiger partial charge in [0.2, 0.25) is 0 Å². The van der Waals surface area contributed by atoms with E-state index in [-0.39, 0.29) is 9.62 Å². The number of carbonyl (C=O) groups excluding carboxylic acids is 1. The Labute approximate surface area is 174 Å². The van der Waals surface area contributed by atoms with Crippen LogP contribution in [0.25, 0.3) is 0 Å². The van der Waals surface area contributed by atoms with E-state index in [1.165, 1.54) is 12.8 Å². The van der Waals surface area contributed by atoms with Gasteiger partial charge in [-0.2, -0.15) is 0 Å². The van der Waals surface area contributed by atoms with Gasteiger partial charge in [0.05, 0.1) is 17.5 Å². The number of aromatic nitrogens is 1. The van der Waals surface area contributed by atoms with Gasteiger partial charge in [0.15, 0.2) is 9.92 Å². The molecule has 1 saturated carbocycles. The third-order valence-electron chi connectivity index (χ3n) is 6.35. The molecule has 0 aromatic carbocycles. The van der Waals surface area contributed by atoms with Crippen LogP contribution in [-0.4, -0.2) is 20.3 Å². The monoisotopic (exact) mass is 432 g/mol. The van der Waals surface area contributed by atoms with E-state index >= 15 is 0 Å². The van der Waals surface area contributed by atoms with Crippen LogP contribution >= 0.6 is 11.3 Å². The highest BCUT2D eigenvalue weighted by atomic mass is 32.2. The highest BCUT2D eigenvalue weighted by Gasteiger charge is 2.51. The molecule has 0 radical (unpaired) electrons. The smallest absolute Gasteiger partial charge is 0.354 e. The van der Waals surface area contributed by atoms with Crippen LogP contribution in [0, 0.1) is 0 Å². The molecule has 0 aliphatic heterocycles. The Morgan fingerprint density at radius 1 is 1.34 bits per heavy atom. The average molecular weight is 433 g/mol. The second-order valence-corrected chi connectivity index (χ2v) is 11.3. The first kappa shape index (κ1) is 19.2. The van der Waals surface area contributed by atoms with Crippen molar-refractivity contribution < 1.29 is 14.1 Å². The van der Waals surface area contributed by atoms with E-state index in [0.29, 0.717) is 5.56 Å². The van der Waals surface area contributed by atoms with Crippen LogP contribution in [0.2, 0.25) is 0 Å². The zero-order chi connectivity index (χ0) is 20.4. The first-order chi connectivity index (χ1) is 13.8. The number of nitrogens with one attached hydrogen (secondary N) is 1. The zero-order valence-electron chi connectivity index (χ0n) is 16.2. The van der Waals surface area contributed by atoms with Crippen molar-refractivity contribution in [2.24, 2.45) is 9.50 Å². The van der Waals surface area contributed by atoms with Crippen molar-refractivity contribution >= 4 is 33.0 Å². The number of nitrogens with two attached hydrogens (primary N) is 1. The number of aliphatic hydroxyl groups excluding tert-OH is 1. The van der Waals surface area contributed by atoms with Crippen molar-refractivity contribution in [3.05, 3.63) is 39.5 Å². The number of aliphatic hydroxyl groups is 1. The Bertz CT molecular complexity index is 1140. The van der Waals surface area contributed by atoms with E-state index in [2.05, 4.69) is 9.68 Å². The molecular formula is C20H24N4O3S2. The molecule has 1 fully saturated rings. The minimum atomic E-state index is -3.38. The maximum absolute atomic E-state index is 12.9. The number of rotatable bonds is 3. The van der Waals surface area contributed by atoms with Gasteiger partial charge in [-0.15, -0.1) is 15.7 Å². The molecule has 1 spiro atoms. The number of anilines is 1. The zero-order valence-corrected chi connectivity index (χ0v) is 17.9. The minimum Gasteiger partial charge on any atom is -0.389 e. The molecule has 3 aliphatic rings. The molecule has 2 atom stereocenters. The summed E-state index contributed by atoms with van der Waals surface area (Å²) in [7, 11) is -3.38. The molecule has 29 heavy (non-hydrogen) atoms. The van der Waals surface area contributed by atoms with E-state index in [1.807, 2.05) is 0 Å². The third-order valence-corrected chi connectivity index (χ3v) is 9.23. The number of fused-ring (bicyclic) bond motifs is 3. The number of thiophene rings is 1. The maximum Gasteiger partial charge on any atom is 0.354 e. The van der Waals surface area contributed by atoms with Crippen molar-refractivity contribution in [3.63, 3.8) is 0 Å². The molecule has 0 saturated heterocycles. The summed E-state index contributed by atoms with van der Waals surface area (Å²) in [6.45, 7) is 1.62. The van der Waals surface area contributed by atoms with Crippen LogP contribution in [0.4, 0.5) is 10.5 Å². The molecule has 154 valence electrons. The van der Waals surface area contributed by atoms with Gasteiger partial charge in [0, 0.05) is 11.1 Å². The number of aryl methyl sites for hydroxylation is 1. The Kier molecular flexibility index (Phi) is 4.36. The van der Waals surface area contributed by atoms with Gasteiger partial charge < -0.3 is 10.4 Å². The number of amides is 2. The average Bonchev–Trinajstić information content (AvgIpc) is 3.05. The summed E-state index contributed by atoms with van der Waals surface area (Å²) in [4.78, 5) is 17.7. The van der Waals surface area contributed by atoms with Gasteiger partial charge in [0.1, 0.15) is 4.21 Å². The van der Waals surface area contributed by atoms with Crippen molar-refractivity contribution in [1.29, 1.82) is 0 Å². The molecule has 9 heteroatoms. The summed E-state index contributed by atoms with van der Waals surface area (Å²) in [5.74, 6) is 0. The molecule has 3 aliphatic carbocycles. The lowest BCUT2D eigenvalue weighted by atomic mass is 10.0. The summed E-state index contributed by atoms with van der Waals surface area (Å²) >= 11 is 1.14. The lowest BCUT2D eigenvalue weighted by molar-refractivity contribution is 0.199. The Morgan fingerprint density at radius 2 is 2.14 bits per heavy atom. The van der Waals surface area contributed by atoms with Gasteiger partial charge in [-0.05, 0) is 80.0 Å². The fourth-order valence-electron chi connectivity index (χ4n) is 4.58. The molecule has 2 aromatic rings. The van der Waals surface area contributed by atoms with Crippen molar-refractivity contribution in [1.82, 2.24) is 4.98 Å². The molecule has 0 bridgehead atoms. The number of hydrogen-bond donors (Lipinski definition) is 3. The van der Waals surface area contributed by atoms with E-state index in [0.717, 1.165) is 71.6 Å². The maximum atomic E-state index is 12.9. The number of urea groups is 1. The molecule has 5 rings (SSSR count). The Balaban J connectivity index is 1.48. The van der Waals surface area contributed by atoms with Gasteiger partial charge in [-0.25, -0.2) is 14.1 Å². The van der Waals surface area contributed by atoms with Gasteiger partial charge in [0.25, 0.3) is 0 Å². The molecule has 2 heterocycles. The predicted molar refractivity (Wildman–Crippen MR) is 112 cm³/mol. The van der Waals surface area contributed by atoms with Gasteiger partial charge >= 0.3 is 6.03 Å². The van der Waals surface area contributed by atoms with Crippen LogP contribution in [-0.2, 0) is 34.6 Å². The second kappa shape index (κ2) is 6.60. The molecular weight excluding hydrogens is 408 g/mol. The quantitative estimate of drug-likeness (QED) is 0.687. The van der Waals surface area contributed by atoms with Crippen molar-refractivity contribution in [3.8, 4) is 0 Å². The van der Waals surface area contributed by atoms with E-state index in [1.54, 1.807) is 18.4 Å². The standard InChI is InChI=1S/C20H24N4O3S2/c1-11(25)12-9-16(28-10-12)29(21,27)24-19(26)23-17-13-3-2-4-15(13)22-18-14(17)5-6-20(18)7-8-20/h9-11,25H,2-8H2,1H3,(H3,21,22,23,24,26,27). The number of carbonyl (C=O) groups is 1. The van der Waals surface area contributed by atoms with Gasteiger partial charge in [-0.3, -0.25) is 4.98 Å². The summed E-state index contributed by atoms with van der Waals surface area (Å²) in [5, 5.41) is 20.2. The number of nitrogens with zero attached hydrogens (tertiary/aromatic N) is 2. The Morgan fingerprint density at radius 3 is 2.83 bits per heavy atom. The lowest BCUT2D eigenvalue weighted by Gasteiger charge is -2.16. The van der Waals surface area contributed by atoms with Crippen LogP contribution in [0.3, 0.4) is 0 Å². The van der Waals surface area contributed by atoms with E-state index in [9.17, 15) is 14.1 Å². The normalized spacial score (nSPS) is 21.3. The summed E-state index contributed by atoms with van der Waals surface area (Å²) < 4.78 is 17.0. The van der Waals surface area contributed by atoms with Crippen molar-refractivity contribution in [2.75, 3.05) is 5.32 Å². The van der Waals surface area contributed by atoms with Gasteiger partial charge in [-0.1, -0.05) is 0 Å². The van der Waals surface area contributed by atoms with E-state index < -0.39 is 22.1 Å². The fraction of sp³-hybridized carbons (Fsp3) is 0.500. The lowest BCUT2D eigenvalue weighted by Crippen LogP contribution is -2.18. The first-order valence-corrected chi connectivity index (χ1v) is 12.4. The first-order valence-electron chi connectivity index (χ1n) is 9.97. The predicted octanol–water partition coefficient (Wildman–Crippen LogP) is 3.60. The Hall–Kier alpha value is -1.81. The van der Waals surface area contributed by atoms with Crippen molar-refractivity contribution in [2.45, 2.75) is 67.6 Å². The summed E-state index contributed by atoms with van der Waals surface area (Å²) in [6.07, 6.45) is 6.50. The SMILES string of the molecule is CC(O)c1csc(S(N)(=O)=NC(=O)Nc2c3c(nc4c2CCC42CC2)CCC3)c1. The highest BCUT2D eigenvalue weighted by molar-refractivity contribution is 7.93. The summed E-state index contributed by atoms with van der Waals surface area (Å²) in [6, 6.07) is 0.858. The summed E-state index contributed by atoms with van der Waals surface area (Å²) in [5.41, 5.74) is 6.12. The topological polar surface area (TPSA) is 118 Å². The molecule has 4 N–H and O–H groups in total. The van der Waals surface area contributed by atoms with Crippen LogP contribution in [0.15, 0.2) is 20.0 Å². The van der Waals surface area contributed by atoms with E-state index in [4.69, 9.17) is 10.1 Å².